The summed E-state index contributed by atoms with van der Waals surface area (Å²) in [4.78, 5) is 2.31. The summed E-state index contributed by atoms with van der Waals surface area (Å²) >= 11 is 0. The van der Waals surface area contributed by atoms with Crippen molar-refractivity contribution in [3.63, 3.8) is 0 Å². The van der Waals surface area contributed by atoms with Crippen LogP contribution in [-0.2, 0) is 11.8 Å². The van der Waals surface area contributed by atoms with Crippen molar-refractivity contribution in [2.45, 2.75) is 18.3 Å². The molecule has 9 aromatic carbocycles. The van der Waals surface area contributed by atoms with E-state index in [1.807, 2.05) is 6.07 Å². The third-order valence-corrected chi connectivity index (χ3v) is 14.0. The van der Waals surface area contributed by atoms with Crippen LogP contribution in [0.1, 0.15) is 40.0 Å². The topological polar surface area (TPSA) is 34.8 Å². The van der Waals surface area contributed by atoms with E-state index in [0.29, 0.717) is 11.5 Å². The van der Waals surface area contributed by atoms with Gasteiger partial charge >= 0.3 is 0 Å². The molecule has 2 heterocycles. The fourth-order valence-electron chi connectivity index (χ4n) is 11.1. The van der Waals surface area contributed by atoms with Crippen molar-refractivity contribution >= 4 is 34.1 Å². The zero-order chi connectivity index (χ0) is 42.6. The molecular weight excluding hydrogens is 795 g/mol. The number of nitrogens with zero attached hydrogens (tertiary/aromatic N) is 1. The Labute approximate surface area is 376 Å². The number of benzene rings is 9. The first-order chi connectivity index (χ1) is 32.2. The second kappa shape index (κ2) is 13.8. The van der Waals surface area contributed by atoms with Crippen molar-refractivity contribution in [3.8, 4) is 67.5 Å². The lowest BCUT2D eigenvalue weighted by molar-refractivity contribution is 0.359. The van der Waals surface area contributed by atoms with E-state index in [-0.39, 0.29) is 0 Å². The van der Waals surface area contributed by atoms with Crippen molar-refractivity contribution < 1.29 is 13.9 Å². The van der Waals surface area contributed by atoms with Gasteiger partial charge in [-0.25, -0.2) is 0 Å². The maximum absolute atomic E-state index is 6.88. The SMILES string of the molecule is C1=Cc2oc3cc(N(c4ccc(-c5ccccc5)cc4)c4ccc(-c5ccc6c(c5)Oc5cc7c(cc5O6)-c5ccccc5C75c6ccccc6-c6ccccc65)cc4)ccc3c2CC1. The maximum Gasteiger partial charge on any atom is 0.170 e. The molecule has 0 amide bonds. The smallest absolute Gasteiger partial charge is 0.170 e. The van der Waals surface area contributed by atoms with Crippen LogP contribution in [0.25, 0.3) is 61.6 Å². The van der Waals surface area contributed by atoms with Crippen LogP contribution in [0.2, 0.25) is 0 Å². The molecule has 4 aliphatic rings. The summed E-state index contributed by atoms with van der Waals surface area (Å²) in [6.45, 7) is 0. The lowest BCUT2D eigenvalue weighted by Crippen LogP contribution is -2.25. The number of rotatable bonds is 5. The molecule has 10 aromatic rings. The fraction of sp³-hybridized carbons (Fsp3) is 0.0492. The van der Waals surface area contributed by atoms with Crippen LogP contribution in [-0.4, -0.2) is 0 Å². The van der Waals surface area contributed by atoms with Crippen LogP contribution in [0.5, 0.6) is 23.0 Å². The second-order valence-electron chi connectivity index (χ2n) is 17.5. The average Bonchev–Trinajstić information content (AvgIpc) is 3.99. The molecule has 0 radical (unpaired) electrons. The first-order valence-electron chi connectivity index (χ1n) is 22.4. The Balaban J connectivity index is 0.824. The zero-order valence-electron chi connectivity index (χ0n) is 35.3. The summed E-state index contributed by atoms with van der Waals surface area (Å²) in [5.41, 5.74) is 19.4. The van der Waals surface area contributed by atoms with E-state index in [4.69, 9.17) is 13.9 Å². The summed E-state index contributed by atoms with van der Waals surface area (Å²) < 4.78 is 20.0. The highest BCUT2D eigenvalue weighted by Crippen LogP contribution is 2.64. The Bertz CT molecular complexity index is 3550. The van der Waals surface area contributed by atoms with Gasteiger partial charge in [0.2, 0.25) is 0 Å². The second-order valence-corrected chi connectivity index (χ2v) is 17.5. The molecule has 14 rings (SSSR count). The molecule has 0 N–H and O–H groups in total. The molecule has 1 aromatic heterocycles. The van der Waals surface area contributed by atoms with Crippen LogP contribution in [0, 0.1) is 0 Å². The first kappa shape index (κ1) is 36.2. The molecule has 4 heteroatoms. The van der Waals surface area contributed by atoms with E-state index >= 15 is 0 Å². The predicted molar refractivity (Wildman–Crippen MR) is 262 cm³/mol. The predicted octanol–water partition coefficient (Wildman–Crippen LogP) is 16.4. The number of aryl methyl sites for hydroxylation is 1. The Morgan fingerprint density at radius 2 is 0.938 bits per heavy atom. The monoisotopic (exact) mass is 833 g/mol. The van der Waals surface area contributed by atoms with E-state index in [2.05, 4.69) is 211 Å². The highest BCUT2D eigenvalue weighted by molar-refractivity contribution is 5.96. The van der Waals surface area contributed by atoms with Crippen molar-refractivity contribution in [2.24, 2.45) is 0 Å². The van der Waals surface area contributed by atoms with E-state index < -0.39 is 5.41 Å². The molecule has 0 unspecified atom stereocenters. The molecule has 1 aliphatic heterocycles. The van der Waals surface area contributed by atoms with Crippen molar-refractivity contribution in [1.29, 1.82) is 0 Å². The fourth-order valence-corrected chi connectivity index (χ4v) is 11.1. The van der Waals surface area contributed by atoms with Gasteiger partial charge in [0.25, 0.3) is 0 Å². The van der Waals surface area contributed by atoms with Gasteiger partial charge in [-0.3, -0.25) is 0 Å². The number of hydrogen-bond donors (Lipinski definition) is 0. The van der Waals surface area contributed by atoms with Gasteiger partial charge in [0, 0.05) is 34.1 Å². The summed E-state index contributed by atoms with van der Waals surface area (Å²) in [6.07, 6.45) is 6.35. The molecule has 4 nitrogen and oxygen atoms in total. The van der Waals surface area contributed by atoms with Gasteiger partial charge in [-0.2, -0.15) is 0 Å². The van der Waals surface area contributed by atoms with E-state index in [9.17, 15) is 0 Å². The minimum atomic E-state index is -0.459. The zero-order valence-corrected chi connectivity index (χ0v) is 35.3. The lowest BCUT2D eigenvalue weighted by Gasteiger charge is -2.31. The van der Waals surface area contributed by atoms with Gasteiger partial charge in [0.05, 0.1) is 5.41 Å². The molecule has 0 atom stereocenters. The highest BCUT2D eigenvalue weighted by atomic mass is 16.6. The molecule has 306 valence electrons. The number of hydrogen-bond acceptors (Lipinski definition) is 4. The largest absolute Gasteiger partial charge is 0.456 e. The van der Waals surface area contributed by atoms with E-state index in [1.54, 1.807) is 0 Å². The van der Waals surface area contributed by atoms with E-state index in [1.165, 1.54) is 66.6 Å². The average molecular weight is 834 g/mol. The van der Waals surface area contributed by atoms with Crippen molar-refractivity contribution in [2.75, 3.05) is 4.90 Å². The van der Waals surface area contributed by atoms with Crippen molar-refractivity contribution in [3.05, 3.63) is 240 Å². The number of furan rings is 1. The Hall–Kier alpha value is -8.34. The number of anilines is 3. The molecule has 65 heavy (non-hydrogen) atoms. The van der Waals surface area contributed by atoms with Gasteiger partial charge in [-0.05, 0) is 146 Å². The molecule has 0 bridgehead atoms. The molecule has 0 saturated carbocycles. The van der Waals surface area contributed by atoms with E-state index in [0.717, 1.165) is 63.9 Å². The normalized spacial score (nSPS) is 14.0. The Morgan fingerprint density at radius 1 is 0.400 bits per heavy atom. The number of ether oxygens (including phenoxy) is 2. The van der Waals surface area contributed by atoms with Crippen LogP contribution in [0.4, 0.5) is 17.1 Å². The van der Waals surface area contributed by atoms with Gasteiger partial charge in [-0.1, -0.05) is 140 Å². The molecule has 1 spiro atoms. The minimum Gasteiger partial charge on any atom is -0.456 e. The summed E-state index contributed by atoms with van der Waals surface area (Å²) in [5.74, 6) is 3.81. The quantitative estimate of drug-likeness (QED) is 0.173. The first-order valence-corrected chi connectivity index (χ1v) is 22.4. The van der Waals surface area contributed by atoms with Crippen LogP contribution in [0.15, 0.2) is 211 Å². The van der Waals surface area contributed by atoms with Gasteiger partial charge in [0.1, 0.15) is 11.3 Å². The number of allylic oxidation sites excluding steroid dienone is 1. The van der Waals surface area contributed by atoms with Crippen LogP contribution >= 0.6 is 0 Å². The van der Waals surface area contributed by atoms with Crippen LogP contribution < -0.4 is 14.4 Å². The lowest BCUT2D eigenvalue weighted by atomic mass is 9.70. The highest BCUT2D eigenvalue weighted by Gasteiger charge is 2.52. The summed E-state index contributed by atoms with van der Waals surface area (Å²) in [6, 6.07) is 72.0. The molecule has 0 fully saturated rings. The van der Waals surface area contributed by atoms with Crippen LogP contribution in [0.3, 0.4) is 0 Å². The standard InChI is InChI=1S/C61H39NO3/c1-2-12-38(13-3-1)39-22-27-42(28-23-39)62(44-31-32-49-48-17-7-11-21-55(48)63-57(49)35-44)43-29-24-40(25-30-43)41-26-33-56-58(34-41)65-60-37-54-50(36-59(60)64-56)47-16-6-10-20-53(47)61(54)51-18-8-4-14-45(51)46-15-5-9-19-52(46)61/h1-6,8-16,18-37H,7,17H2. The molecule has 0 saturated heterocycles. The molecule has 3 aliphatic carbocycles. The third kappa shape index (κ3) is 5.31. The summed E-state index contributed by atoms with van der Waals surface area (Å²) in [5, 5.41) is 1.19. The Kier molecular flexibility index (Phi) is 7.70. The maximum atomic E-state index is 6.88. The van der Waals surface area contributed by atoms with Gasteiger partial charge in [0.15, 0.2) is 23.0 Å². The Morgan fingerprint density at radius 3 is 1.63 bits per heavy atom. The number of fused-ring (bicyclic) bond motifs is 15. The third-order valence-electron chi connectivity index (χ3n) is 14.0. The minimum absolute atomic E-state index is 0.459. The summed E-state index contributed by atoms with van der Waals surface area (Å²) in [7, 11) is 0. The van der Waals surface area contributed by atoms with Crippen molar-refractivity contribution in [1.82, 2.24) is 0 Å². The molecular formula is C61H39NO3. The van der Waals surface area contributed by atoms with Gasteiger partial charge < -0.3 is 18.8 Å². The van der Waals surface area contributed by atoms with Gasteiger partial charge in [-0.15, -0.1) is 0 Å².